The summed E-state index contributed by atoms with van der Waals surface area (Å²) in [7, 11) is 3.27. The molecule has 4 aromatic rings. The van der Waals surface area contributed by atoms with E-state index < -0.39 is 5.54 Å². The third-order valence-corrected chi connectivity index (χ3v) is 5.21. The zero-order valence-corrected chi connectivity index (χ0v) is 16.8. The van der Waals surface area contributed by atoms with Crippen molar-refractivity contribution < 1.29 is 9.47 Å². The minimum Gasteiger partial charge on any atom is -0.497 e. The molecule has 0 aliphatic carbocycles. The number of aromatic amines is 2. The Kier molecular flexibility index (Phi) is 5.26. The zero-order valence-electron chi connectivity index (χ0n) is 16.8. The van der Waals surface area contributed by atoms with E-state index in [1.54, 1.807) is 14.2 Å². The quantitative estimate of drug-likeness (QED) is 0.375. The molecular weight excluding hydrogens is 380 g/mol. The third kappa shape index (κ3) is 3.54. The Bertz CT molecular complexity index is 1030. The second-order valence-corrected chi connectivity index (χ2v) is 6.97. The lowest BCUT2D eigenvalue weighted by Crippen LogP contribution is -2.45. The monoisotopic (exact) mass is 404 g/mol. The summed E-state index contributed by atoms with van der Waals surface area (Å²) in [6, 6.07) is 19.1. The SMILES string of the molecule is COc1ccc(-c2cc(C(N)(CN)c3cc(-c4ccc(OC)cc4)n[nH]3)[nH]n2)cc1. The standard InChI is InChI=1S/C22H24N6O2/c1-29-16-7-3-14(4-8-16)18-11-20(27-25-18)22(24,13-23)21-12-19(26-28-21)15-5-9-17(30-2)10-6-15/h3-12H,13,23-24H2,1-2H3,(H,25,27)(H,26,28). The first-order valence-corrected chi connectivity index (χ1v) is 9.47. The summed E-state index contributed by atoms with van der Waals surface area (Å²) in [6.07, 6.45) is 0. The van der Waals surface area contributed by atoms with E-state index in [1.165, 1.54) is 0 Å². The molecular formula is C22H24N6O2. The molecule has 0 bridgehead atoms. The van der Waals surface area contributed by atoms with Crippen LogP contribution in [0.1, 0.15) is 11.4 Å². The van der Waals surface area contributed by atoms with Gasteiger partial charge < -0.3 is 20.9 Å². The number of nitrogens with two attached hydrogens (primary N) is 2. The molecule has 2 heterocycles. The predicted molar refractivity (Wildman–Crippen MR) is 115 cm³/mol. The van der Waals surface area contributed by atoms with Crippen molar-refractivity contribution >= 4 is 0 Å². The fourth-order valence-corrected chi connectivity index (χ4v) is 3.28. The molecule has 2 aromatic carbocycles. The molecule has 0 radical (unpaired) electrons. The summed E-state index contributed by atoms with van der Waals surface area (Å²) in [4.78, 5) is 0. The number of methoxy groups -OCH3 is 2. The predicted octanol–water partition coefficient (Wildman–Crippen LogP) is 2.64. The number of rotatable bonds is 7. The first kappa shape index (κ1) is 19.7. The van der Waals surface area contributed by atoms with Gasteiger partial charge in [-0.3, -0.25) is 10.2 Å². The van der Waals surface area contributed by atoms with Crippen LogP contribution in [0.5, 0.6) is 11.5 Å². The van der Waals surface area contributed by atoms with Crippen LogP contribution in [-0.2, 0) is 5.54 Å². The molecule has 8 nitrogen and oxygen atoms in total. The van der Waals surface area contributed by atoms with Crippen LogP contribution >= 0.6 is 0 Å². The van der Waals surface area contributed by atoms with Crippen molar-refractivity contribution in [2.75, 3.05) is 20.8 Å². The van der Waals surface area contributed by atoms with Gasteiger partial charge in [-0.15, -0.1) is 0 Å². The van der Waals surface area contributed by atoms with Gasteiger partial charge in [-0.05, 0) is 60.7 Å². The molecule has 154 valence electrons. The lowest BCUT2D eigenvalue weighted by Gasteiger charge is -2.24. The summed E-state index contributed by atoms with van der Waals surface area (Å²) in [5.74, 6) is 1.57. The molecule has 30 heavy (non-hydrogen) atoms. The Hall–Kier alpha value is -3.62. The van der Waals surface area contributed by atoms with Gasteiger partial charge in [0.2, 0.25) is 0 Å². The summed E-state index contributed by atoms with van der Waals surface area (Å²) in [5.41, 5.74) is 16.6. The highest BCUT2D eigenvalue weighted by molar-refractivity contribution is 5.63. The van der Waals surface area contributed by atoms with Gasteiger partial charge in [0.1, 0.15) is 17.0 Å². The first-order valence-electron chi connectivity index (χ1n) is 9.47. The van der Waals surface area contributed by atoms with Gasteiger partial charge in [-0.2, -0.15) is 10.2 Å². The Morgan fingerprint density at radius 1 is 0.767 bits per heavy atom. The van der Waals surface area contributed by atoms with E-state index in [-0.39, 0.29) is 6.54 Å². The van der Waals surface area contributed by atoms with E-state index in [4.69, 9.17) is 20.9 Å². The van der Waals surface area contributed by atoms with Crippen LogP contribution in [0.2, 0.25) is 0 Å². The lowest BCUT2D eigenvalue weighted by molar-refractivity contribution is 0.415. The van der Waals surface area contributed by atoms with Crippen LogP contribution in [0, 0.1) is 0 Å². The molecule has 0 aliphatic heterocycles. The topological polar surface area (TPSA) is 128 Å². The van der Waals surface area contributed by atoms with E-state index in [2.05, 4.69) is 20.4 Å². The molecule has 0 atom stereocenters. The summed E-state index contributed by atoms with van der Waals surface area (Å²) >= 11 is 0. The number of aromatic nitrogens is 4. The van der Waals surface area contributed by atoms with Crippen LogP contribution in [-0.4, -0.2) is 41.2 Å². The highest BCUT2D eigenvalue weighted by Crippen LogP contribution is 2.30. The minimum absolute atomic E-state index is 0.168. The summed E-state index contributed by atoms with van der Waals surface area (Å²) in [6.45, 7) is 0.168. The zero-order chi connectivity index (χ0) is 21.1. The fraction of sp³-hybridized carbons (Fsp3) is 0.182. The van der Waals surface area contributed by atoms with Crippen molar-refractivity contribution in [1.82, 2.24) is 20.4 Å². The number of H-pyrrole nitrogens is 2. The molecule has 0 saturated carbocycles. The maximum absolute atomic E-state index is 6.71. The van der Waals surface area contributed by atoms with Crippen LogP contribution in [0.15, 0.2) is 60.7 Å². The largest absolute Gasteiger partial charge is 0.497 e. The van der Waals surface area contributed by atoms with E-state index in [9.17, 15) is 0 Å². The summed E-state index contributed by atoms with van der Waals surface area (Å²) in [5, 5.41) is 14.9. The van der Waals surface area contributed by atoms with Crippen LogP contribution in [0.25, 0.3) is 22.5 Å². The van der Waals surface area contributed by atoms with Gasteiger partial charge in [0.25, 0.3) is 0 Å². The number of benzene rings is 2. The van der Waals surface area contributed by atoms with Crippen molar-refractivity contribution in [3.05, 3.63) is 72.1 Å². The Balaban J connectivity index is 1.63. The van der Waals surface area contributed by atoms with Gasteiger partial charge in [-0.25, -0.2) is 0 Å². The van der Waals surface area contributed by atoms with E-state index >= 15 is 0 Å². The van der Waals surface area contributed by atoms with Crippen LogP contribution in [0.3, 0.4) is 0 Å². The molecule has 6 N–H and O–H groups in total. The Labute approximate surface area is 174 Å². The van der Waals surface area contributed by atoms with Crippen molar-refractivity contribution in [2.24, 2.45) is 11.5 Å². The second kappa shape index (κ2) is 8.02. The smallest absolute Gasteiger partial charge is 0.118 e. The second-order valence-electron chi connectivity index (χ2n) is 6.97. The maximum atomic E-state index is 6.71. The normalized spacial score (nSPS) is 11.5. The molecule has 0 aliphatic rings. The van der Waals surface area contributed by atoms with Gasteiger partial charge >= 0.3 is 0 Å². The van der Waals surface area contributed by atoms with Crippen LogP contribution in [0.4, 0.5) is 0 Å². The van der Waals surface area contributed by atoms with Gasteiger partial charge in [-0.1, -0.05) is 0 Å². The van der Waals surface area contributed by atoms with Crippen molar-refractivity contribution in [3.8, 4) is 34.0 Å². The Morgan fingerprint density at radius 2 is 1.17 bits per heavy atom. The maximum Gasteiger partial charge on any atom is 0.118 e. The number of nitrogens with zero attached hydrogens (tertiary/aromatic N) is 2. The number of hydrogen-bond donors (Lipinski definition) is 4. The molecule has 0 fully saturated rings. The van der Waals surface area contributed by atoms with Crippen LogP contribution < -0.4 is 20.9 Å². The third-order valence-electron chi connectivity index (χ3n) is 5.21. The highest BCUT2D eigenvalue weighted by Gasteiger charge is 2.33. The van der Waals surface area contributed by atoms with E-state index in [0.29, 0.717) is 11.4 Å². The lowest BCUT2D eigenvalue weighted by atomic mass is 9.91. The van der Waals surface area contributed by atoms with Gasteiger partial charge in [0.15, 0.2) is 0 Å². The molecule has 0 amide bonds. The molecule has 0 saturated heterocycles. The Morgan fingerprint density at radius 3 is 1.50 bits per heavy atom. The van der Waals surface area contributed by atoms with Gasteiger partial charge in [0.05, 0.1) is 37.0 Å². The number of ether oxygens (including phenoxy) is 2. The van der Waals surface area contributed by atoms with Crippen molar-refractivity contribution in [3.63, 3.8) is 0 Å². The van der Waals surface area contributed by atoms with E-state index in [0.717, 1.165) is 34.0 Å². The molecule has 0 spiro atoms. The highest BCUT2D eigenvalue weighted by atomic mass is 16.5. The average molecular weight is 404 g/mol. The van der Waals surface area contributed by atoms with E-state index in [1.807, 2.05) is 60.7 Å². The minimum atomic E-state index is -0.991. The van der Waals surface area contributed by atoms with Gasteiger partial charge in [0, 0.05) is 17.7 Å². The summed E-state index contributed by atoms with van der Waals surface area (Å²) < 4.78 is 10.4. The number of nitrogens with one attached hydrogen (secondary N) is 2. The molecule has 0 unspecified atom stereocenters. The average Bonchev–Trinajstić information content (AvgIpc) is 3.50. The molecule has 4 rings (SSSR count). The van der Waals surface area contributed by atoms with Crippen molar-refractivity contribution in [1.29, 1.82) is 0 Å². The molecule has 8 heteroatoms. The van der Waals surface area contributed by atoms with Crippen molar-refractivity contribution in [2.45, 2.75) is 5.54 Å². The molecule has 2 aromatic heterocycles. The first-order chi connectivity index (χ1) is 14.6. The number of hydrogen-bond acceptors (Lipinski definition) is 6. The fourth-order valence-electron chi connectivity index (χ4n) is 3.28.